The Balaban J connectivity index is 1.64. The number of hydrogen-bond acceptors (Lipinski definition) is 6. The van der Waals surface area contributed by atoms with Gasteiger partial charge < -0.3 is 10.1 Å². The first-order valence-electron chi connectivity index (χ1n) is 8.23. The van der Waals surface area contributed by atoms with Crippen molar-refractivity contribution < 1.29 is 9.57 Å². The van der Waals surface area contributed by atoms with Crippen LogP contribution in [0.4, 0.5) is 5.69 Å². The SMILES string of the molecule is COc1cccc(CCC2=CN(OC)C(Nc3cnn(C)c3)N=C2)c1Cl. The van der Waals surface area contributed by atoms with E-state index in [0.717, 1.165) is 29.7 Å². The van der Waals surface area contributed by atoms with Crippen LogP contribution in [0.5, 0.6) is 5.75 Å². The number of allylic oxidation sites excluding steroid dienone is 1. The molecule has 2 aromatic rings. The highest BCUT2D eigenvalue weighted by molar-refractivity contribution is 6.32. The largest absolute Gasteiger partial charge is 0.495 e. The maximum Gasteiger partial charge on any atom is 0.219 e. The van der Waals surface area contributed by atoms with Gasteiger partial charge in [0.1, 0.15) is 5.75 Å². The number of aryl methyl sites for hydroxylation is 2. The lowest BCUT2D eigenvalue weighted by Crippen LogP contribution is -2.37. The van der Waals surface area contributed by atoms with Gasteiger partial charge in [-0.05, 0) is 30.0 Å². The Kier molecular flexibility index (Phi) is 5.80. The molecule has 3 rings (SSSR count). The molecule has 0 saturated carbocycles. The van der Waals surface area contributed by atoms with Crippen molar-refractivity contribution >= 4 is 23.5 Å². The van der Waals surface area contributed by atoms with Crippen LogP contribution in [-0.4, -0.2) is 41.6 Å². The Morgan fingerprint density at radius 1 is 1.27 bits per heavy atom. The fraction of sp³-hybridized carbons (Fsp3) is 0.333. The molecule has 0 radical (unpaired) electrons. The van der Waals surface area contributed by atoms with Gasteiger partial charge in [-0.3, -0.25) is 9.52 Å². The molecule has 26 heavy (non-hydrogen) atoms. The lowest BCUT2D eigenvalue weighted by molar-refractivity contribution is -0.112. The smallest absolute Gasteiger partial charge is 0.219 e. The number of nitrogens with one attached hydrogen (secondary N) is 1. The number of rotatable bonds is 7. The predicted octanol–water partition coefficient (Wildman–Crippen LogP) is 3.24. The number of halogens is 1. The molecule has 0 saturated heterocycles. The number of nitrogens with zero attached hydrogens (tertiary/aromatic N) is 4. The van der Waals surface area contributed by atoms with E-state index in [9.17, 15) is 0 Å². The number of ether oxygens (including phenoxy) is 1. The Morgan fingerprint density at radius 2 is 2.12 bits per heavy atom. The Bertz CT molecular complexity index is 818. The zero-order chi connectivity index (χ0) is 18.5. The van der Waals surface area contributed by atoms with Crippen LogP contribution in [0.2, 0.25) is 5.02 Å². The molecule has 1 aliphatic heterocycles. The van der Waals surface area contributed by atoms with Gasteiger partial charge in [0, 0.05) is 25.7 Å². The molecule has 1 aliphatic rings. The van der Waals surface area contributed by atoms with Crippen LogP contribution in [0, 0.1) is 0 Å². The molecule has 0 bridgehead atoms. The van der Waals surface area contributed by atoms with Gasteiger partial charge in [0.2, 0.25) is 6.29 Å². The average molecular weight is 376 g/mol. The highest BCUT2D eigenvalue weighted by atomic mass is 35.5. The van der Waals surface area contributed by atoms with E-state index in [4.69, 9.17) is 21.2 Å². The third-order valence-corrected chi connectivity index (χ3v) is 4.50. The highest BCUT2D eigenvalue weighted by Crippen LogP contribution is 2.29. The molecular formula is C18H22ClN5O2. The second kappa shape index (κ2) is 8.25. The van der Waals surface area contributed by atoms with Gasteiger partial charge in [-0.25, -0.2) is 10.1 Å². The van der Waals surface area contributed by atoms with E-state index in [0.29, 0.717) is 10.8 Å². The van der Waals surface area contributed by atoms with Gasteiger partial charge in [0.05, 0.1) is 31.1 Å². The summed E-state index contributed by atoms with van der Waals surface area (Å²) in [6.45, 7) is 0. The van der Waals surface area contributed by atoms with E-state index in [-0.39, 0.29) is 6.29 Å². The first-order chi connectivity index (χ1) is 12.6. The third-order valence-electron chi connectivity index (χ3n) is 4.07. The summed E-state index contributed by atoms with van der Waals surface area (Å²) >= 11 is 6.37. The van der Waals surface area contributed by atoms with Gasteiger partial charge >= 0.3 is 0 Å². The Morgan fingerprint density at radius 3 is 2.81 bits per heavy atom. The van der Waals surface area contributed by atoms with Crippen molar-refractivity contribution in [3.63, 3.8) is 0 Å². The number of anilines is 1. The minimum atomic E-state index is -0.339. The van der Waals surface area contributed by atoms with Crippen molar-refractivity contribution in [2.24, 2.45) is 12.0 Å². The van der Waals surface area contributed by atoms with Crippen LogP contribution in [0.3, 0.4) is 0 Å². The quantitative estimate of drug-likeness (QED) is 0.804. The summed E-state index contributed by atoms with van der Waals surface area (Å²) in [4.78, 5) is 9.97. The zero-order valence-corrected chi connectivity index (χ0v) is 15.8. The summed E-state index contributed by atoms with van der Waals surface area (Å²) in [5.41, 5.74) is 2.96. The van der Waals surface area contributed by atoms with Crippen LogP contribution < -0.4 is 10.1 Å². The van der Waals surface area contributed by atoms with Crippen molar-refractivity contribution in [1.82, 2.24) is 14.8 Å². The number of aliphatic imine (C=N–C) groups is 1. The average Bonchev–Trinajstić information content (AvgIpc) is 3.06. The summed E-state index contributed by atoms with van der Waals surface area (Å²) in [6.07, 6.45) is 8.66. The summed E-state index contributed by atoms with van der Waals surface area (Å²) < 4.78 is 7.00. The van der Waals surface area contributed by atoms with Crippen molar-refractivity contribution in [3.05, 3.63) is 53.0 Å². The van der Waals surface area contributed by atoms with Crippen molar-refractivity contribution in [1.29, 1.82) is 0 Å². The van der Waals surface area contributed by atoms with Crippen molar-refractivity contribution in [3.8, 4) is 5.75 Å². The lowest BCUT2D eigenvalue weighted by Gasteiger charge is -2.29. The van der Waals surface area contributed by atoms with Gasteiger partial charge in [0.15, 0.2) is 0 Å². The molecule has 138 valence electrons. The molecule has 1 unspecified atom stereocenters. The minimum absolute atomic E-state index is 0.339. The molecule has 8 heteroatoms. The summed E-state index contributed by atoms with van der Waals surface area (Å²) in [7, 11) is 5.10. The van der Waals surface area contributed by atoms with E-state index in [1.54, 1.807) is 30.2 Å². The van der Waals surface area contributed by atoms with Gasteiger partial charge in [0.25, 0.3) is 0 Å². The van der Waals surface area contributed by atoms with E-state index < -0.39 is 0 Å². The Labute approximate surface area is 157 Å². The second-order valence-corrected chi connectivity index (χ2v) is 6.26. The van der Waals surface area contributed by atoms with Crippen molar-refractivity contribution in [2.75, 3.05) is 19.5 Å². The van der Waals surface area contributed by atoms with Crippen LogP contribution in [0.25, 0.3) is 0 Å². The highest BCUT2D eigenvalue weighted by Gasteiger charge is 2.19. The molecule has 0 aliphatic carbocycles. The van der Waals surface area contributed by atoms with Gasteiger partial charge in [-0.1, -0.05) is 23.7 Å². The van der Waals surface area contributed by atoms with Crippen LogP contribution in [-0.2, 0) is 18.3 Å². The maximum atomic E-state index is 6.37. The van der Waals surface area contributed by atoms with E-state index >= 15 is 0 Å². The number of benzene rings is 1. The first-order valence-corrected chi connectivity index (χ1v) is 8.61. The van der Waals surface area contributed by atoms with E-state index in [1.807, 2.05) is 43.9 Å². The topological polar surface area (TPSA) is 63.9 Å². The van der Waals surface area contributed by atoms with Gasteiger partial charge in [-0.2, -0.15) is 5.10 Å². The zero-order valence-electron chi connectivity index (χ0n) is 15.0. The molecule has 1 atom stereocenters. The predicted molar refractivity (Wildman–Crippen MR) is 102 cm³/mol. The van der Waals surface area contributed by atoms with E-state index in [1.165, 1.54) is 0 Å². The molecule has 1 N–H and O–H groups in total. The monoisotopic (exact) mass is 375 g/mol. The Hall–Kier alpha value is -2.51. The fourth-order valence-electron chi connectivity index (χ4n) is 2.71. The minimum Gasteiger partial charge on any atom is -0.495 e. The normalized spacial score (nSPS) is 16.5. The molecule has 7 nitrogen and oxygen atoms in total. The number of methoxy groups -OCH3 is 1. The van der Waals surface area contributed by atoms with Crippen molar-refractivity contribution in [2.45, 2.75) is 19.1 Å². The fourth-order valence-corrected chi connectivity index (χ4v) is 3.01. The lowest BCUT2D eigenvalue weighted by atomic mass is 10.0. The van der Waals surface area contributed by atoms with Gasteiger partial charge in [-0.15, -0.1) is 0 Å². The van der Waals surface area contributed by atoms with E-state index in [2.05, 4.69) is 15.4 Å². The summed E-state index contributed by atoms with van der Waals surface area (Å²) in [5.74, 6) is 0.690. The molecular weight excluding hydrogens is 354 g/mol. The first kappa shape index (κ1) is 18.3. The molecule has 1 aromatic carbocycles. The van der Waals surface area contributed by atoms with Crippen LogP contribution in [0.15, 0.2) is 47.4 Å². The molecule has 0 fully saturated rings. The molecule has 1 aromatic heterocycles. The summed E-state index contributed by atoms with van der Waals surface area (Å²) in [6, 6.07) is 5.81. The number of aromatic nitrogens is 2. The maximum absolute atomic E-state index is 6.37. The molecule has 0 amide bonds. The van der Waals surface area contributed by atoms with Crippen LogP contribution >= 0.6 is 11.6 Å². The van der Waals surface area contributed by atoms with Crippen LogP contribution in [0.1, 0.15) is 12.0 Å². The molecule has 0 spiro atoms. The second-order valence-electron chi connectivity index (χ2n) is 5.88. The standard InChI is InChI=1S/C18H22ClN5O2/c1-23-12-15(10-21-23)22-18-20-9-13(11-24(18)26-3)7-8-14-5-4-6-16(25-2)17(14)19/h4-6,9-12,18,22H,7-8H2,1-3H3. The number of hydrogen-bond donors (Lipinski definition) is 1. The summed E-state index contributed by atoms with van der Waals surface area (Å²) in [5, 5.41) is 9.73. The third kappa shape index (κ3) is 4.17. The molecule has 2 heterocycles. The number of hydroxylamine groups is 2.